The predicted molar refractivity (Wildman–Crippen MR) is 92.8 cm³/mol. The molecule has 0 aliphatic heterocycles. The highest BCUT2D eigenvalue weighted by Crippen LogP contribution is 2.27. The Kier molecular flexibility index (Phi) is 4.24. The number of nitrogens with zero attached hydrogens (tertiary/aromatic N) is 1. The largest absolute Gasteiger partial charge is 0.481 e. The number of carboxylic acid groups (broad SMARTS) is 1. The summed E-state index contributed by atoms with van der Waals surface area (Å²) < 4.78 is 0. The number of aromatic nitrogens is 1. The minimum absolute atomic E-state index is 0.00944. The molecule has 24 heavy (non-hydrogen) atoms. The SMILES string of the molecule is CC(=O)c1cccc(Nc2cc(CC(=O)O)nc3ccccc23)c1. The summed E-state index contributed by atoms with van der Waals surface area (Å²) in [4.78, 5) is 26.9. The van der Waals surface area contributed by atoms with Crippen molar-refractivity contribution >= 4 is 34.0 Å². The molecular formula is C19H16N2O3. The van der Waals surface area contributed by atoms with Gasteiger partial charge in [-0.25, -0.2) is 0 Å². The second-order valence-corrected chi connectivity index (χ2v) is 5.51. The van der Waals surface area contributed by atoms with Gasteiger partial charge in [0.1, 0.15) is 0 Å². The van der Waals surface area contributed by atoms with E-state index >= 15 is 0 Å². The zero-order chi connectivity index (χ0) is 17.1. The molecular weight excluding hydrogens is 304 g/mol. The molecule has 0 aliphatic rings. The second kappa shape index (κ2) is 6.50. The van der Waals surface area contributed by atoms with Crippen LogP contribution in [0.4, 0.5) is 11.4 Å². The van der Waals surface area contributed by atoms with Crippen LogP contribution < -0.4 is 5.32 Å². The van der Waals surface area contributed by atoms with Gasteiger partial charge in [0.15, 0.2) is 5.78 Å². The van der Waals surface area contributed by atoms with Crippen molar-refractivity contribution in [3.63, 3.8) is 0 Å². The number of rotatable bonds is 5. The molecule has 120 valence electrons. The Hall–Kier alpha value is -3.21. The molecule has 3 aromatic rings. The maximum Gasteiger partial charge on any atom is 0.309 e. The zero-order valence-corrected chi connectivity index (χ0v) is 13.1. The Morgan fingerprint density at radius 3 is 2.62 bits per heavy atom. The van der Waals surface area contributed by atoms with E-state index in [1.165, 1.54) is 6.92 Å². The molecule has 0 spiro atoms. The van der Waals surface area contributed by atoms with Crippen LogP contribution in [-0.4, -0.2) is 21.8 Å². The van der Waals surface area contributed by atoms with Crippen LogP contribution in [0, 0.1) is 0 Å². The summed E-state index contributed by atoms with van der Waals surface area (Å²) in [6, 6.07) is 16.5. The van der Waals surface area contributed by atoms with Crippen molar-refractivity contribution in [1.29, 1.82) is 0 Å². The van der Waals surface area contributed by atoms with Gasteiger partial charge in [-0.3, -0.25) is 14.6 Å². The van der Waals surface area contributed by atoms with E-state index < -0.39 is 5.97 Å². The number of pyridine rings is 1. The number of carboxylic acids is 1. The molecule has 0 unspecified atom stereocenters. The Morgan fingerprint density at radius 1 is 1.08 bits per heavy atom. The minimum Gasteiger partial charge on any atom is -0.481 e. The number of para-hydroxylation sites is 1. The number of aliphatic carboxylic acids is 1. The van der Waals surface area contributed by atoms with Gasteiger partial charge < -0.3 is 10.4 Å². The third kappa shape index (κ3) is 3.41. The Bertz CT molecular complexity index is 935. The first-order valence-corrected chi connectivity index (χ1v) is 7.51. The first kappa shape index (κ1) is 15.7. The summed E-state index contributed by atoms with van der Waals surface area (Å²) in [6.45, 7) is 1.52. The number of nitrogens with one attached hydrogen (secondary N) is 1. The van der Waals surface area contributed by atoms with Crippen LogP contribution in [0.2, 0.25) is 0 Å². The molecule has 0 saturated heterocycles. The summed E-state index contributed by atoms with van der Waals surface area (Å²) in [7, 11) is 0. The number of benzene rings is 2. The number of hydrogen-bond donors (Lipinski definition) is 2. The molecule has 0 aliphatic carbocycles. The fourth-order valence-corrected chi connectivity index (χ4v) is 2.55. The summed E-state index contributed by atoms with van der Waals surface area (Å²) >= 11 is 0. The van der Waals surface area contributed by atoms with E-state index in [0.29, 0.717) is 11.3 Å². The second-order valence-electron chi connectivity index (χ2n) is 5.51. The van der Waals surface area contributed by atoms with E-state index in [1.807, 2.05) is 30.3 Å². The van der Waals surface area contributed by atoms with Crippen LogP contribution >= 0.6 is 0 Å². The fraction of sp³-hybridized carbons (Fsp3) is 0.105. The van der Waals surface area contributed by atoms with Crippen molar-refractivity contribution in [1.82, 2.24) is 4.98 Å². The smallest absolute Gasteiger partial charge is 0.309 e. The van der Waals surface area contributed by atoms with Gasteiger partial charge in [0, 0.05) is 22.3 Å². The minimum atomic E-state index is -0.928. The molecule has 0 radical (unpaired) electrons. The van der Waals surface area contributed by atoms with Gasteiger partial charge in [-0.15, -0.1) is 0 Å². The molecule has 0 fully saturated rings. The van der Waals surface area contributed by atoms with Crippen LogP contribution in [-0.2, 0) is 11.2 Å². The molecule has 0 amide bonds. The molecule has 1 heterocycles. The van der Waals surface area contributed by atoms with Crippen molar-refractivity contribution in [2.45, 2.75) is 13.3 Å². The van der Waals surface area contributed by atoms with Crippen LogP contribution in [0.1, 0.15) is 23.0 Å². The van der Waals surface area contributed by atoms with Crippen LogP contribution in [0.5, 0.6) is 0 Å². The monoisotopic (exact) mass is 320 g/mol. The van der Waals surface area contributed by atoms with Gasteiger partial charge in [0.2, 0.25) is 0 Å². The number of hydrogen-bond acceptors (Lipinski definition) is 4. The maximum absolute atomic E-state index is 11.5. The topological polar surface area (TPSA) is 79.3 Å². The summed E-state index contributed by atoms with van der Waals surface area (Å²) in [5.41, 5.74) is 3.34. The Balaban J connectivity index is 2.05. The van der Waals surface area contributed by atoms with E-state index in [1.54, 1.807) is 24.3 Å². The van der Waals surface area contributed by atoms with Crippen LogP contribution in [0.3, 0.4) is 0 Å². The fourth-order valence-electron chi connectivity index (χ4n) is 2.55. The molecule has 5 heteroatoms. The van der Waals surface area contributed by atoms with Gasteiger partial charge in [-0.05, 0) is 31.2 Å². The van der Waals surface area contributed by atoms with Crippen molar-refractivity contribution in [2.24, 2.45) is 0 Å². The highest BCUT2D eigenvalue weighted by molar-refractivity contribution is 5.96. The molecule has 1 aromatic heterocycles. The standard InChI is InChI=1S/C19H16N2O3/c1-12(22)13-5-4-6-14(9-13)20-18-10-15(11-19(23)24)21-17-8-3-2-7-16(17)18/h2-10H,11H2,1H3,(H,20,21)(H,23,24). The van der Waals surface area contributed by atoms with Gasteiger partial charge in [-0.1, -0.05) is 30.3 Å². The van der Waals surface area contributed by atoms with Gasteiger partial charge in [-0.2, -0.15) is 0 Å². The maximum atomic E-state index is 11.5. The third-order valence-electron chi connectivity index (χ3n) is 3.65. The lowest BCUT2D eigenvalue weighted by Crippen LogP contribution is -2.04. The number of ketones is 1. The highest BCUT2D eigenvalue weighted by atomic mass is 16.4. The lowest BCUT2D eigenvalue weighted by molar-refractivity contribution is -0.136. The molecule has 5 nitrogen and oxygen atoms in total. The Morgan fingerprint density at radius 2 is 1.88 bits per heavy atom. The van der Waals surface area contributed by atoms with Crippen molar-refractivity contribution < 1.29 is 14.7 Å². The molecule has 0 saturated carbocycles. The van der Waals surface area contributed by atoms with Gasteiger partial charge in [0.25, 0.3) is 0 Å². The molecule has 0 atom stereocenters. The predicted octanol–water partition coefficient (Wildman–Crippen LogP) is 3.81. The Labute approximate surface area is 139 Å². The van der Waals surface area contributed by atoms with Crippen LogP contribution in [0.25, 0.3) is 10.9 Å². The summed E-state index contributed by atoms with van der Waals surface area (Å²) in [5.74, 6) is -0.938. The molecule has 2 aromatic carbocycles. The van der Waals surface area contributed by atoms with E-state index in [4.69, 9.17) is 5.11 Å². The normalized spacial score (nSPS) is 10.5. The van der Waals surface area contributed by atoms with Crippen molar-refractivity contribution in [2.75, 3.05) is 5.32 Å². The number of carbonyl (C=O) groups is 2. The van der Waals surface area contributed by atoms with Crippen LogP contribution in [0.15, 0.2) is 54.6 Å². The first-order valence-electron chi connectivity index (χ1n) is 7.51. The quantitative estimate of drug-likeness (QED) is 0.699. The number of Topliss-reactive ketones (excluding diaryl/α,β-unsaturated/α-hetero) is 1. The first-order chi connectivity index (χ1) is 11.5. The zero-order valence-electron chi connectivity index (χ0n) is 13.1. The lowest BCUT2D eigenvalue weighted by atomic mass is 10.1. The van der Waals surface area contributed by atoms with Gasteiger partial charge >= 0.3 is 5.97 Å². The lowest BCUT2D eigenvalue weighted by Gasteiger charge is -2.12. The number of anilines is 2. The van der Waals surface area contributed by atoms with E-state index in [2.05, 4.69) is 10.3 Å². The van der Waals surface area contributed by atoms with E-state index in [9.17, 15) is 9.59 Å². The van der Waals surface area contributed by atoms with Crippen molar-refractivity contribution in [3.8, 4) is 0 Å². The molecule has 0 bridgehead atoms. The summed E-state index contributed by atoms with van der Waals surface area (Å²) in [5, 5.41) is 13.2. The summed E-state index contributed by atoms with van der Waals surface area (Å²) in [6.07, 6.45) is -0.146. The average molecular weight is 320 g/mol. The van der Waals surface area contributed by atoms with Gasteiger partial charge in [0.05, 0.1) is 17.6 Å². The van der Waals surface area contributed by atoms with E-state index in [0.717, 1.165) is 22.3 Å². The average Bonchev–Trinajstić information content (AvgIpc) is 2.54. The highest BCUT2D eigenvalue weighted by Gasteiger charge is 2.09. The number of fused-ring (bicyclic) bond motifs is 1. The third-order valence-corrected chi connectivity index (χ3v) is 3.65. The van der Waals surface area contributed by atoms with Crippen molar-refractivity contribution in [3.05, 3.63) is 65.9 Å². The van der Waals surface area contributed by atoms with E-state index in [-0.39, 0.29) is 12.2 Å². The number of carbonyl (C=O) groups excluding carboxylic acids is 1. The molecule has 2 N–H and O–H groups in total. The molecule has 3 rings (SSSR count).